The fraction of sp³-hybridized carbons (Fsp3) is 0.111. The van der Waals surface area contributed by atoms with E-state index in [4.69, 9.17) is 44.9 Å². The average Bonchev–Trinajstić information content (AvgIpc) is 2.97. The van der Waals surface area contributed by atoms with Gasteiger partial charge in [0.2, 0.25) is 0 Å². The van der Waals surface area contributed by atoms with E-state index in [0.717, 1.165) is 10.1 Å². The predicted octanol–water partition coefficient (Wildman–Crippen LogP) is 5.35. The molecule has 3 rings (SSSR count). The first-order chi connectivity index (χ1) is 12.9. The van der Waals surface area contributed by atoms with Crippen LogP contribution in [0.1, 0.15) is 9.67 Å². The van der Waals surface area contributed by atoms with Crippen LogP contribution in [0.3, 0.4) is 0 Å². The molecule has 0 aliphatic rings. The van der Waals surface area contributed by atoms with Gasteiger partial charge in [0, 0.05) is 21.2 Å². The summed E-state index contributed by atoms with van der Waals surface area (Å²) in [5.41, 5.74) is 0.595. The largest absolute Gasteiger partial charge is 0.497 e. The van der Waals surface area contributed by atoms with Crippen molar-refractivity contribution in [3.63, 3.8) is 0 Å². The topological polar surface area (TPSA) is 59.6 Å². The summed E-state index contributed by atoms with van der Waals surface area (Å²) in [4.78, 5) is 12.9. The highest BCUT2D eigenvalue weighted by atomic mass is 35.5. The van der Waals surface area contributed by atoms with E-state index < -0.39 is 5.91 Å². The lowest BCUT2D eigenvalue weighted by molar-refractivity contribution is 0.0982. The van der Waals surface area contributed by atoms with Crippen LogP contribution in [0.4, 0.5) is 5.69 Å². The number of fused-ring (bicyclic) bond motifs is 1. The third-order valence-electron chi connectivity index (χ3n) is 3.68. The van der Waals surface area contributed by atoms with Gasteiger partial charge in [0.25, 0.3) is 5.91 Å². The predicted molar refractivity (Wildman–Crippen MR) is 115 cm³/mol. The molecule has 140 valence electrons. The number of hydrogen-bond donors (Lipinski definition) is 2. The summed E-state index contributed by atoms with van der Waals surface area (Å²) in [6.45, 7) is 0. The van der Waals surface area contributed by atoms with Gasteiger partial charge < -0.3 is 14.8 Å². The van der Waals surface area contributed by atoms with E-state index in [1.54, 1.807) is 43.5 Å². The van der Waals surface area contributed by atoms with Gasteiger partial charge in [-0.05, 0) is 36.5 Å². The molecule has 0 atom stereocenters. The van der Waals surface area contributed by atoms with E-state index in [9.17, 15) is 4.79 Å². The van der Waals surface area contributed by atoms with Crippen molar-refractivity contribution in [2.75, 3.05) is 19.5 Å². The Morgan fingerprint density at radius 3 is 2.59 bits per heavy atom. The number of rotatable bonds is 4. The molecule has 1 heterocycles. The van der Waals surface area contributed by atoms with Crippen LogP contribution in [-0.4, -0.2) is 25.2 Å². The summed E-state index contributed by atoms with van der Waals surface area (Å²) in [5.74, 6) is 0.769. The molecule has 1 aromatic heterocycles. The second kappa shape index (κ2) is 8.31. The van der Waals surface area contributed by atoms with E-state index in [0.29, 0.717) is 32.1 Å². The molecule has 3 aromatic rings. The molecule has 1 amide bonds. The molecule has 0 aliphatic carbocycles. The molecule has 27 heavy (non-hydrogen) atoms. The Morgan fingerprint density at radius 1 is 1.11 bits per heavy atom. The van der Waals surface area contributed by atoms with E-state index in [1.165, 1.54) is 18.4 Å². The number of thiophene rings is 1. The number of halogens is 2. The number of hydrogen-bond acceptors (Lipinski definition) is 5. The van der Waals surface area contributed by atoms with E-state index in [1.807, 2.05) is 0 Å². The van der Waals surface area contributed by atoms with Crippen LogP contribution in [0.2, 0.25) is 10.0 Å². The second-order valence-corrected chi connectivity index (χ2v) is 7.63. The van der Waals surface area contributed by atoms with Gasteiger partial charge in [-0.1, -0.05) is 29.3 Å². The maximum Gasteiger partial charge on any atom is 0.269 e. The lowest BCUT2D eigenvalue weighted by atomic mass is 10.2. The Bertz CT molecular complexity index is 1040. The molecule has 0 fully saturated rings. The maximum atomic E-state index is 12.6. The van der Waals surface area contributed by atoms with Crippen LogP contribution in [0.5, 0.6) is 11.5 Å². The fourth-order valence-electron chi connectivity index (χ4n) is 2.40. The molecule has 0 spiro atoms. The SMILES string of the molecule is COc1ccc(NC(=S)NC(=O)c2sc3cc(Cl)ccc3c2Cl)c(OC)c1. The van der Waals surface area contributed by atoms with Crippen LogP contribution in [0.15, 0.2) is 36.4 Å². The Labute approximate surface area is 175 Å². The van der Waals surface area contributed by atoms with Gasteiger partial charge in [0.1, 0.15) is 16.4 Å². The van der Waals surface area contributed by atoms with Gasteiger partial charge in [-0.3, -0.25) is 10.1 Å². The number of carbonyl (C=O) groups is 1. The van der Waals surface area contributed by atoms with Crippen molar-refractivity contribution in [3.8, 4) is 11.5 Å². The molecule has 0 aliphatic heterocycles. The third kappa shape index (κ3) is 4.27. The van der Waals surface area contributed by atoms with Crippen LogP contribution in [0, 0.1) is 0 Å². The molecular weight excluding hydrogens is 427 g/mol. The standard InChI is InChI=1S/C18H14Cl2N2O3S2/c1-24-10-4-6-12(13(8-10)25-2)21-18(26)22-17(23)16-15(20)11-5-3-9(19)7-14(11)27-16/h3-8H,1-2H3,(H2,21,22,23,26). The number of nitrogens with one attached hydrogen (secondary N) is 2. The molecule has 2 N–H and O–H groups in total. The molecule has 2 aromatic carbocycles. The van der Waals surface area contributed by atoms with Crippen molar-refractivity contribution in [1.29, 1.82) is 0 Å². The molecule has 0 unspecified atom stereocenters. The molecule has 9 heteroatoms. The molecular formula is C18H14Cl2N2O3S2. The minimum atomic E-state index is -0.401. The molecule has 5 nitrogen and oxygen atoms in total. The number of thiocarbonyl (C=S) groups is 1. The highest BCUT2D eigenvalue weighted by Gasteiger charge is 2.18. The Balaban J connectivity index is 1.77. The molecule has 0 radical (unpaired) electrons. The van der Waals surface area contributed by atoms with Crippen molar-refractivity contribution in [2.45, 2.75) is 0 Å². The molecule has 0 bridgehead atoms. The summed E-state index contributed by atoms with van der Waals surface area (Å²) in [7, 11) is 3.10. The summed E-state index contributed by atoms with van der Waals surface area (Å²) in [5, 5.41) is 7.40. The Morgan fingerprint density at radius 2 is 1.89 bits per heavy atom. The summed E-state index contributed by atoms with van der Waals surface area (Å²) in [6, 6.07) is 10.5. The number of carbonyl (C=O) groups excluding carboxylic acids is 1. The quantitative estimate of drug-likeness (QED) is 0.535. The average molecular weight is 441 g/mol. The number of anilines is 1. The van der Waals surface area contributed by atoms with E-state index in [-0.39, 0.29) is 5.11 Å². The summed E-state index contributed by atoms with van der Waals surface area (Å²) >= 11 is 18.8. The van der Waals surface area contributed by atoms with Crippen LogP contribution >= 0.6 is 46.8 Å². The highest BCUT2D eigenvalue weighted by molar-refractivity contribution is 7.80. The highest BCUT2D eigenvalue weighted by Crippen LogP contribution is 2.36. The lowest BCUT2D eigenvalue weighted by Gasteiger charge is -2.13. The van der Waals surface area contributed by atoms with Crippen LogP contribution in [0.25, 0.3) is 10.1 Å². The number of benzene rings is 2. The first-order valence-electron chi connectivity index (χ1n) is 7.65. The van der Waals surface area contributed by atoms with Gasteiger partial charge in [0.05, 0.1) is 24.9 Å². The van der Waals surface area contributed by atoms with Crippen molar-refractivity contribution in [3.05, 3.63) is 51.3 Å². The minimum Gasteiger partial charge on any atom is -0.497 e. The lowest BCUT2D eigenvalue weighted by Crippen LogP contribution is -2.33. The minimum absolute atomic E-state index is 0.120. The van der Waals surface area contributed by atoms with Crippen LogP contribution in [-0.2, 0) is 0 Å². The maximum absolute atomic E-state index is 12.6. The third-order valence-corrected chi connectivity index (χ3v) is 5.78. The zero-order valence-corrected chi connectivity index (χ0v) is 17.4. The smallest absolute Gasteiger partial charge is 0.269 e. The number of amides is 1. The number of ether oxygens (including phenoxy) is 2. The molecule has 0 saturated heterocycles. The van der Waals surface area contributed by atoms with Crippen molar-refractivity contribution in [2.24, 2.45) is 0 Å². The second-order valence-electron chi connectivity index (χ2n) is 5.36. The van der Waals surface area contributed by atoms with Crippen molar-refractivity contribution in [1.82, 2.24) is 5.32 Å². The van der Waals surface area contributed by atoms with Gasteiger partial charge >= 0.3 is 0 Å². The van der Waals surface area contributed by atoms with Crippen molar-refractivity contribution < 1.29 is 14.3 Å². The first-order valence-corrected chi connectivity index (χ1v) is 9.63. The summed E-state index contributed by atoms with van der Waals surface area (Å²) < 4.78 is 11.3. The fourth-order valence-corrected chi connectivity index (χ4v) is 4.29. The van der Waals surface area contributed by atoms with E-state index >= 15 is 0 Å². The van der Waals surface area contributed by atoms with Crippen LogP contribution < -0.4 is 20.1 Å². The normalized spacial score (nSPS) is 10.5. The van der Waals surface area contributed by atoms with E-state index in [2.05, 4.69) is 10.6 Å². The van der Waals surface area contributed by atoms with Gasteiger partial charge in [0.15, 0.2) is 5.11 Å². The zero-order valence-electron chi connectivity index (χ0n) is 14.3. The Kier molecular flexibility index (Phi) is 6.06. The summed E-state index contributed by atoms with van der Waals surface area (Å²) in [6.07, 6.45) is 0. The number of methoxy groups -OCH3 is 2. The van der Waals surface area contributed by atoms with Crippen molar-refractivity contribution >= 4 is 73.5 Å². The molecule has 0 saturated carbocycles. The van der Waals surface area contributed by atoms with Gasteiger partial charge in [-0.15, -0.1) is 11.3 Å². The Hall–Kier alpha value is -2.06. The monoisotopic (exact) mass is 440 g/mol. The zero-order chi connectivity index (χ0) is 19.6. The van der Waals surface area contributed by atoms with Gasteiger partial charge in [-0.2, -0.15) is 0 Å². The first kappa shape index (κ1) is 19.7. The van der Waals surface area contributed by atoms with Gasteiger partial charge in [-0.25, -0.2) is 0 Å².